The van der Waals surface area contributed by atoms with Crippen LogP contribution >= 0.6 is 24.8 Å². The number of nitrogens with zero attached hydrogens (tertiary/aromatic N) is 1. The second kappa shape index (κ2) is 10.2. The Kier molecular flexibility index (Phi) is 8.99. The summed E-state index contributed by atoms with van der Waals surface area (Å²) in [5, 5.41) is 3.49. The lowest BCUT2D eigenvalue weighted by Crippen LogP contribution is -2.31. The number of halogens is 2. The highest BCUT2D eigenvalue weighted by atomic mass is 35.5. The maximum Gasteiger partial charge on any atom is 0.142 e. The fourth-order valence-electron chi connectivity index (χ4n) is 3.25. The molecule has 22 heavy (non-hydrogen) atoms. The number of fused-ring (bicyclic) bond motifs is 1. The van der Waals surface area contributed by atoms with E-state index in [1.165, 1.54) is 63.0 Å². The van der Waals surface area contributed by atoms with E-state index in [1.807, 2.05) is 0 Å². The molecule has 0 radical (unpaired) electrons. The number of piperidine rings is 1. The molecule has 1 saturated heterocycles. The van der Waals surface area contributed by atoms with Crippen LogP contribution in [0, 0.1) is 0 Å². The summed E-state index contributed by atoms with van der Waals surface area (Å²) in [6.07, 6.45) is 7.69. The van der Waals surface area contributed by atoms with Crippen LogP contribution in [0.4, 0.5) is 5.69 Å². The fourth-order valence-corrected chi connectivity index (χ4v) is 3.25. The van der Waals surface area contributed by atoms with Gasteiger partial charge in [-0.15, -0.1) is 24.8 Å². The summed E-state index contributed by atoms with van der Waals surface area (Å²) in [4.78, 5) is 2.57. The second-order valence-corrected chi connectivity index (χ2v) is 5.92. The van der Waals surface area contributed by atoms with Gasteiger partial charge >= 0.3 is 0 Å². The van der Waals surface area contributed by atoms with Crippen molar-refractivity contribution >= 4 is 30.5 Å². The minimum absolute atomic E-state index is 0. The number of anilines is 1. The molecule has 1 aromatic carbocycles. The number of hydrogen-bond acceptors (Lipinski definition) is 3. The Balaban J connectivity index is 0.00000121. The summed E-state index contributed by atoms with van der Waals surface area (Å²) < 4.78 is 6.01. The Hall–Kier alpha value is -0.640. The summed E-state index contributed by atoms with van der Waals surface area (Å²) >= 11 is 0. The number of para-hydroxylation sites is 1. The van der Waals surface area contributed by atoms with Gasteiger partial charge in [-0.1, -0.05) is 18.6 Å². The number of likely N-dealkylation sites (tertiary alicyclic amines) is 1. The minimum Gasteiger partial charge on any atom is -0.491 e. The monoisotopic (exact) mass is 346 g/mol. The molecule has 2 aliphatic rings. The predicted octanol–water partition coefficient (Wildman–Crippen LogP) is 4.14. The number of rotatable bonds is 5. The van der Waals surface area contributed by atoms with Gasteiger partial charge in [-0.2, -0.15) is 0 Å². The molecular formula is C17H28Cl2N2O. The predicted molar refractivity (Wildman–Crippen MR) is 98.2 cm³/mol. The molecule has 5 heteroatoms. The summed E-state index contributed by atoms with van der Waals surface area (Å²) in [5.74, 6) is 1.04. The summed E-state index contributed by atoms with van der Waals surface area (Å²) in [7, 11) is 0. The van der Waals surface area contributed by atoms with Crippen LogP contribution in [0.1, 0.15) is 37.7 Å². The van der Waals surface area contributed by atoms with Crippen molar-refractivity contribution in [2.75, 3.05) is 38.1 Å². The lowest BCUT2D eigenvalue weighted by Gasteiger charge is -2.26. The van der Waals surface area contributed by atoms with Gasteiger partial charge in [0.2, 0.25) is 0 Å². The molecule has 0 aromatic heterocycles. The van der Waals surface area contributed by atoms with Crippen molar-refractivity contribution < 1.29 is 4.74 Å². The van der Waals surface area contributed by atoms with E-state index in [0.717, 1.165) is 25.3 Å². The minimum atomic E-state index is 0. The zero-order valence-electron chi connectivity index (χ0n) is 13.2. The SMILES string of the molecule is Cl.Cl.c1cc2c(c(OCCCN3CCCCC3)c1)NCCC2. The molecule has 0 spiro atoms. The van der Waals surface area contributed by atoms with E-state index in [0.29, 0.717) is 0 Å². The Bertz CT molecular complexity index is 437. The first-order valence-corrected chi connectivity index (χ1v) is 8.14. The topological polar surface area (TPSA) is 24.5 Å². The van der Waals surface area contributed by atoms with Gasteiger partial charge in [0.15, 0.2) is 0 Å². The molecule has 1 aromatic rings. The van der Waals surface area contributed by atoms with Crippen LogP contribution in [0.15, 0.2) is 18.2 Å². The maximum absolute atomic E-state index is 6.01. The van der Waals surface area contributed by atoms with Gasteiger partial charge in [-0.3, -0.25) is 0 Å². The quantitative estimate of drug-likeness (QED) is 0.810. The lowest BCUT2D eigenvalue weighted by atomic mass is 10.0. The molecule has 3 rings (SSSR count). The van der Waals surface area contributed by atoms with E-state index in [9.17, 15) is 0 Å². The summed E-state index contributed by atoms with van der Waals surface area (Å²) in [6.45, 7) is 5.64. The Morgan fingerprint density at radius 2 is 1.86 bits per heavy atom. The van der Waals surface area contributed by atoms with Gasteiger partial charge in [0, 0.05) is 13.1 Å². The largest absolute Gasteiger partial charge is 0.491 e. The van der Waals surface area contributed by atoms with E-state index in [4.69, 9.17) is 4.74 Å². The van der Waals surface area contributed by atoms with Crippen molar-refractivity contribution in [2.24, 2.45) is 0 Å². The second-order valence-electron chi connectivity index (χ2n) is 5.92. The molecule has 2 aliphatic heterocycles. The molecule has 0 bridgehead atoms. The Morgan fingerprint density at radius 3 is 2.68 bits per heavy atom. The van der Waals surface area contributed by atoms with E-state index in [-0.39, 0.29) is 24.8 Å². The molecule has 0 aliphatic carbocycles. The molecule has 126 valence electrons. The first-order valence-electron chi connectivity index (χ1n) is 8.14. The highest BCUT2D eigenvalue weighted by Crippen LogP contribution is 2.31. The van der Waals surface area contributed by atoms with Gasteiger partial charge < -0.3 is 15.0 Å². The van der Waals surface area contributed by atoms with Crippen LogP contribution in [-0.4, -0.2) is 37.7 Å². The summed E-state index contributed by atoms with van der Waals surface area (Å²) in [6, 6.07) is 6.42. The van der Waals surface area contributed by atoms with Crippen LogP contribution in [0.3, 0.4) is 0 Å². The molecule has 0 atom stereocenters. The van der Waals surface area contributed by atoms with E-state index in [2.05, 4.69) is 28.4 Å². The molecule has 3 nitrogen and oxygen atoms in total. The van der Waals surface area contributed by atoms with E-state index < -0.39 is 0 Å². The van der Waals surface area contributed by atoms with Gasteiger partial charge in [0.1, 0.15) is 5.75 Å². The standard InChI is InChI=1S/C17H26N2O.2ClH/c1-2-11-19(12-3-1)13-6-14-20-16-9-4-7-15-8-5-10-18-17(15)16;;/h4,7,9,18H,1-3,5-6,8,10-14H2;2*1H. The Morgan fingerprint density at radius 1 is 1.05 bits per heavy atom. The number of ether oxygens (including phenoxy) is 1. The highest BCUT2D eigenvalue weighted by Gasteiger charge is 2.13. The van der Waals surface area contributed by atoms with Crippen LogP contribution in [0.5, 0.6) is 5.75 Å². The van der Waals surface area contributed by atoms with Crippen LogP contribution in [0.25, 0.3) is 0 Å². The lowest BCUT2D eigenvalue weighted by molar-refractivity contribution is 0.205. The third-order valence-electron chi connectivity index (χ3n) is 4.36. The number of benzene rings is 1. The van der Waals surface area contributed by atoms with E-state index in [1.54, 1.807) is 0 Å². The van der Waals surface area contributed by atoms with Gasteiger partial charge in [0.25, 0.3) is 0 Å². The Labute approximate surface area is 146 Å². The number of hydrogen-bond donors (Lipinski definition) is 1. The highest BCUT2D eigenvalue weighted by molar-refractivity contribution is 5.85. The summed E-state index contributed by atoms with van der Waals surface area (Å²) in [5.41, 5.74) is 2.64. The molecule has 0 saturated carbocycles. The molecular weight excluding hydrogens is 319 g/mol. The van der Waals surface area contributed by atoms with Crippen molar-refractivity contribution in [2.45, 2.75) is 38.5 Å². The fraction of sp³-hybridized carbons (Fsp3) is 0.647. The molecule has 1 N–H and O–H groups in total. The van der Waals surface area contributed by atoms with Gasteiger partial charge in [-0.05, 0) is 56.8 Å². The number of nitrogens with one attached hydrogen (secondary N) is 1. The van der Waals surface area contributed by atoms with Crippen molar-refractivity contribution in [1.29, 1.82) is 0 Å². The normalized spacial score (nSPS) is 17.5. The molecule has 0 unspecified atom stereocenters. The van der Waals surface area contributed by atoms with Crippen LogP contribution in [0.2, 0.25) is 0 Å². The molecule has 1 fully saturated rings. The average Bonchev–Trinajstić information content (AvgIpc) is 2.53. The third-order valence-corrected chi connectivity index (χ3v) is 4.36. The maximum atomic E-state index is 6.01. The van der Waals surface area contributed by atoms with Crippen LogP contribution < -0.4 is 10.1 Å². The third kappa shape index (κ3) is 5.22. The number of aryl methyl sites for hydroxylation is 1. The average molecular weight is 347 g/mol. The van der Waals surface area contributed by atoms with Crippen molar-refractivity contribution in [3.8, 4) is 5.75 Å². The zero-order chi connectivity index (χ0) is 13.6. The van der Waals surface area contributed by atoms with Crippen LogP contribution in [-0.2, 0) is 6.42 Å². The van der Waals surface area contributed by atoms with E-state index >= 15 is 0 Å². The first kappa shape index (κ1) is 19.4. The molecule has 0 amide bonds. The van der Waals surface area contributed by atoms with Crippen molar-refractivity contribution in [3.63, 3.8) is 0 Å². The van der Waals surface area contributed by atoms with Gasteiger partial charge in [-0.25, -0.2) is 0 Å². The van der Waals surface area contributed by atoms with Gasteiger partial charge in [0.05, 0.1) is 12.3 Å². The first-order chi connectivity index (χ1) is 9.93. The smallest absolute Gasteiger partial charge is 0.142 e. The van der Waals surface area contributed by atoms with Crippen molar-refractivity contribution in [3.05, 3.63) is 23.8 Å². The van der Waals surface area contributed by atoms with Crippen molar-refractivity contribution in [1.82, 2.24) is 4.90 Å². The molecule has 2 heterocycles. The zero-order valence-corrected chi connectivity index (χ0v) is 14.8.